The predicted octanol–water partition coefficient (Wildman–Crippen LogP) is 12.8. The van der Waals surface area contributed by atoms with Crippen molar-refractivity contribution in [2.45, 2.75) is 174 Å². The first kappa shape index (κ1) is 43.0. The van der Waals surface area contributed by atoms with Crippen LogP contribution in [0.2, 0.25) is 36.3 Å². The SMILES string of the molecule is CCCC[C@@H](C)C[C@@H](/C=C/[C@@H]1C(SCCCCCC(=O)O)=C(CCc2ccccc2)C[C@H]1O[Si](C)(C)C(C)(C)C)O[Si](C)(C)C(C)(C)C. The van der Waals surface area contributed by atoms with Gasteiger partial charge in [-0.25, -0.2) is 0 Å². The number of carboxylic acid groups (broad SMARTS) is 1. The summed E-state index contributed by atoms with van der Waals surface area (Å²) in [5, 5.41) is 9.41. The van der Waals surface area contributed by atoms with Crippen molar-refractivity contribution in [1.29, 1.82) is 0 Å². The van der Waals surface area contributed by atoms with Crippen molar-refractivity contribution >= 4 is 34.4 Å². The molecule has 0 aliphatic heterocycles. The summed E-state index contributed by atoms with van der Waals surface area (Å²) in [6.45, 7) is 28.3. The largest absolute Gasteiger partial charge is 0.481 e. The number of aliphatic carboxylic acids is 1. The van der Waals surface area contributed by atoms with Gasteiger partial charge in [-0.3, -0.25) is 4.79 Å². The number of hydrogen-bond donors (Lipinski definition) is 1. The van der Waals surface area contributed by atoms with Gasteiger partial charge in [0, 0.05) is 12.3 Å². The fourth-order valence-corrected chi connectivity index (χ4v) is 9.90. The number of thioether (sulfide) groups is 1. The molecule has 0 bridgehead atoms. The van der Waals surface area contributed by atoms with Gasteiger partial charge in [0.2, 0.25) is 0 Å². The second-order valence-corrected chi connectivity index (χ2v) is 28.1. The van der Waals surface area contributed by atoms with E-state index < -0.39 is 22.6 Å². The van der Waals surface area contributed by atoms with E-state index in [1.807, 2.05) is 11.8 Å². The molecule has 4 atom stereocenters. The van der Waals surface area contributed by atoms with Crippen LogP contribution in [0.3, 0.4) is 0 Å². The third-order valence-corrected chi connectivity index (χ3v) is 21.4. The molecule has 0 radical (unpaired) electrons. The van der Waals surface area contributed by atoms with Crippen LogP contribution < -0.4 is 0 Å². The Kier molecular flexibility index (Phi) is 17.5. The lowest BCUT2D eigenvalue weighted by Crippen LogP contribution is -2.45. The first-order chi connectivity index (χ1) is 22.3. The maximum atomic E-state index is 11.1. The summed E-state index contributed by atoms with van der Waals surface area (Å²) in [6.07, 6.45) is 16.0. The molecule has 0 unspecified atom stereocenters. The molecule has 1 aromatic rings. The van der Waals surface area contributed by atoms with Crippen molar-refractivity contribution in [2.24, 2.45) is 11.8 Å². The van der Waals surface area contributed by atoms with Crippen LogP contribution >= 0.6 is 11.8 Å². The minimum atomic E-state index is -2.03. The van der Waals surface area contributed by atoms with Crippen LogP contribution in [0.1, 0.15) is 125 Å². The second kappa shape index (κ2) is 19.5. The average Bonchev–Trinajstić information content (AvgIpc) is 3.29. The molecule has 1 aliphatic carbocycles. The lowest BCUT2D eigenvalue weighted by molar-refractivity contribution is -0.137. The van der Waals surface area contributed by atoms with Gasteiger partial charge in [0.25, 0.3) is 0 Å². The highest BCUT2D eigenvalue weighted by atomic mass is 32.2. The third-order valence-electron chi connectivity index (χ3n) is 11.1. The minimum absolute atomic E-state index is 0.0990. The van der Waals surface area contributed by atoms with Gasteiger partial charge >= 0.3 is 5.97 Å². The molecule has 0 saturated carbocycles. The molecule has 2 rings (SSSR count). The highest BCUT2D eigenvalue weighted by Gasteiger charge is 2.44. The fourth-order valence-electron chi connectivity index (χ4n) is 5.89. The molecule has 0 amide bonds. The van der Waals surface area contributed by atoms with Crippen LogP contribution in [0.25, 0.3) is 0 Å². The Morgan fingerprint density at radius 1 is 0.958 bits per heavy atom. The average molecular weight is 717 g/mol. The van der Waals surface area contributed by atoms with E-state index in [1.165, 1.54) is 29.7 Å². The Hall–Kier alpha value is -1.13. The summed E-state index contributed by atoms with van der Waals surface area (Å²) >= 11 is 2.01. The topological polar surface area (TPSA) is 55.8 Å². The molecule has 274 valence electrons. The van der Waals surface area contributed by atoms with Crippen molar-refractivity contribution in [3.63, 3.8) is 0 Å². The van der Waals surface area contributed by atoms with Crippen molar-refractivity contribution < 1.29 is 18.8 Å². The van der Waals surface area contributed by atoms with Crippen molar-refractivity contribution in [1.82, 2.24) is 0 Å². The van der Waals surface area contributed by atoms with Gasteiger partial charge in [-0.15, -0.1) is 11.8 Å². The summed E-state index contributed by atoms with van der Waals surface area (Å²) in [5.74, 6) is 1.15. The van der Waals surface area contributed by atoms with E-state index in [2.05, 4.69) is 124 Å². The standard InChI is InChI=1S/C41H72O4SSi2/c1-13-14-21-32(2)30-35(44-47(9,10)40(3,4)5)27-28-36-37(45-48(11,12)41(6,7)8)31-34(26-25-33-22-17-15-18-23-33)39(36)46-29-20-16-19-24-38(42)43/h15,17-18,22-23,27-28,32,35-37H,13-14,16,19-21,24-26,29-31H2,1-12H3,(H,42,43)/b28-27+/t32-,35-,36+,37-/m1/s1. The smallest absolute Gasteiger partial charge is 0.303 e. The third kappa shape index (κ3) is 14.2. The quantitative estimate of drug-likeness (QED) is 0.0780. The predicted molar refractivity (Wildman–Crippen MR) is 215 cm³/mol. The Labute approximate surface area is 302 Å². The maximum Gasteiger partial charge on any atom is 0.303 e. The van der Waals surface area contributed by atoms with Crippen LogP contribution in [0.4, 0.5) is 0 Å². The number of carboxylic acids is 1. The normalized spacial score (nSPS) is 19.3. The first-order valence-corrected chi connectivity index (χ1v) is 25.7. The highest BCUT2D eigenvalue weighted by Crippen LogP contribution is 2.48. The van der Waals surface area contributed by atoms with E-state index in [4.69, 9.17) is 14.0 Å². The number of carbonyl (C=O) groups is 1. The van der Waals surface area contributed by atoms with Crippen LogP contribution in [-0.2, 0) is 20.1 Å². The van der Waals surface area contributed by atoms with Crippen LogP contribution in [0.5, 0.6) is 0 Å². The number of hydrogen-bond acceptors (Lipinski definition) is 4. The van der Waals surface area contributed by atoms with Crippen LogP contribution in [0.15, 0.2) is 53.0 Å². The van der Waals surface area contributed by atoms with Gasteiger partial charge < -0.3 is 14.0 Å². The molecular weight excluding hydrogens is 645 g/mol. The Balaban J connectivity index is 2.50. The lowest BCUT2D eigenvalue weighted by Gasteiger charge is -2.40. The Morgan fingerprint density at radius 2 is 1.60 bits per heavy atom. The zero-order chi connectivity index (χ0) is 36.2. The van der Waals surface area contributed by atoms with Gasteiger partial charge in [0.1, 0.15) is 0 Å². The second-order valence-electron chi connectivity index (χ2n) is 17.4. The van der Waals surface area contributed by atoms with Gasteiger partial charge in [0.05, 0.1) is 12.2 Å². The maximum absolute atomic E-state index is 11.1. The summed E-state index contributed by atoms with van der Waals surface area (Å²) in [4.78, 5) is 12.6. The van der Waals surface area contributed by atoms with E-state index in [9.17, 15) is 4.79 Å². The van der Waals surface area contributed by atoms with E-state index in [0.29, 0.717) is 5.92 Å². The monoisotopic (exact) mass is 716 g/mol. The Bertz CT molecular complexity index is 1160. The molecule has 0 saturated heterocycles. The fraction of sp³-hybridized carbons (Fsp3) is 0.732. The van der Waals surface area contributed by atoms with Crippen LogP contribution in [-0.4, -0.2) is 45.7 Å². The van der Waals surface area contributed by atoms with Gasteiger partial charge in [0.15, 0.2) is 16.6 Å². The van der Waals surface area contributed by atoms with E-state index in [-0.39, 0.29) is 34.6 Å². The molecule has 4 nitrogen and oxygen atoms in total. The van der Waals surface area contributed by atoms with Crippen molar-refractivity contribution in [3.05, 3.63) is 58.5 Å². The lowest BCUT2D eigenvalue weighted by atomic mass is 9.96. The number of benzene rings is 1. The molecular formula is C41H72O4SSi2. The minimum Gasteiger partial charge on any atom is -0.481 e. The summed E-state index contributed by atoms with van der Waals surface area (Å²) in [5.41, 5.74) is 2.93. The molecule has 1 N–H and O–H groups in total. The van der Waals surface area contributed by atoms with Crippen molar-refractivity contribution in [2.75, 3.05) is 5.75 Å². The molecule has 0 aromatic heterocycles. The summed E-state index contributed by atoms with van der Waals surface area (Å²) in [6, 6.07) is 10.9. The van der Waals surface area contributed by atoms with Gasteiger partial charge in [-0.2, -0.15) is 0 Å². The molecule has 1 aliphatic rings. The summed E-state index contributed by atoms with van der Waals surface area (Å²) in [7, 11) is -4.01. The zero-order valence-electron chi connectivity index (χ0n) is 32.9. The van der Waals surface area contributed by atoms with Gasteiger partial charge in [-0.1, -0.05) is 129 Å². The van der Waals surface area contributed by atoms with E-state index in [1.54, 1.807) is 5.57 Å². The Morgan fingerprint density at radius 3 is 2.19 bits per heavy atom. The van der Waals surface area contributed by atoms with E-state index in [0.717, 1.165) is 50.7 Å². The molecule has 0 spiro atoms. The van der Waals surface area contributed by atoms with Crippen molar-refractivity contribution in [3.8, 4) is 0 Å². The van der Waals surface area contributed by atoms with Gasteiger partial charge in [-0.05, 0) is 96.9 Å². The summed E-state index contributed by atoms with van der Waals surface area (Å²) < 4.78 is 14.5. The molecule has 48 heavy (non-hydrogen) atoms. The number of unbranched alkanes of at least 4 members (excludes halogenated alkanes) is 3. The molecule has 1 aromatic carbocycles. The van der Waals surface area contributed by atoms with Crippen LogP contribution in [0, 0.1) is 11.8 Å². The van der Waals surface area contributed by atoms with E-state index >= 15 is 0 Å². The molecule has 0 heterocycles. The molecule has 7 heteroatoms. The highest BCUT2D eigenvalue weighted by molar-refractivity contribution is 8.03. The number of aryl methyl sites for hydroxylation is 1. The first-order valence-electron chi connectivity index (χ1n) is 18.9. The number of rotatable bonds is 21. The molecule has 0 fully saturated rings. The zero-order valence-corrected chi connectivity index (χ0v) is 35.7.